The molecule has 112 valence electrons. The van der Waals surface area contributed by atoms with Gasteiger partial charge in [0, 0.05) is 31.4 Å². The minimum absolute atomic E-state index is 0.580. The quantitative estimate of drug-likeness (QED) is 0.392. The molecule has 6 nitrogen and oxygen atoms in total. The Bertz CT molecular complexity index is 547. The molecule has 1 aromatic heterocycles. The molecule has 0 fully saturated rings. The van der Waals surface area contributed by atoms with Gasteiger partial charge in [0.05, 0.1) is 0 Å². The van der Waals surface area contributed by atoms with Gasteiger partial charge in [-0.25, -0.2) is 15.8 Å². The van der Waals surface area contributed by atoms with Crippen LogP contribution >= 0.6 is 0 Å². The lowest BCUT2D eigenvalue weighted by Gasteiger charge is -2.10. The van der Waals surface area contributed by atoms with Gasteiger partial charge in [-0.2, -0.15) is 0 Å². The summed E-state index contributed by atoms with van der Waals surface area (Å²) in [5.41, 5.74) is 3.52. The van der Waals surface area contributed by atoms with E-state index in [2.05, 4.69) is 20.7 Å². The second-order valence-corrected chi connectivity index (χ2v) is 4.45. The molecule has 6 heteroatoms. The normalized spacial score (nSPS) is 10.4. The average molecular weight is 287 g/mol. The van der Waals surface area contributed by atoms with E-state index in [1.165, 1.54) is 0 Å². The first kappa shape index (κ1) is 15.2. The molecule has 0 aliphatic carbocycles. The minimum atomic E-state index is 0.580. The van der Waals surface area contributed by atoms with Gasteiger partial charge in [-0.3, -0.25) is 0 Å². The summed E-state index contributed by atoms with van der Waals surface area (Å²) in [6, 6.07) is 11.6. The highest BCUT2D eigenvalue weighted by Crippen LogP contribution is 2.19. The average Bonchev–Trinajstić information content (AvgIpc) is 2.55. The number of anilines is 2. The first-order valence-electron chi connectivity index (χ1n) is 7.06. The Morgan fingerprint density at radius 2 is 1.90 bits per heavy atom. The Kier molecular flexibility index (Phi) is 5.93. The Morgan fingerprint density at radius 3 is 2.62 bits per heavy atom. The second-order valence-electron chi connectivity index (χ2n) is 4.45. The number of nitrogens with one attached hydrogen (secondary N) is 2. The number of nitrogens with two attached hydrogens (primary N) is 1. The van der Waals surface area contributed by atoms with Crippen LogP contribution in [0.15, 0.2) is 36.4 Å². The van der Waals surface area contributed by atoms with E-state index in [0.717, 1.165) is 37.6 Å². The highest BCUT2D eigenvalue weighted by Gasteiger charge is 2.05. The molecule has 0 atom stereocenters. The first-order valence-corrected chi connectivity index (χ1v) is 7.06. The molecule has 1 aromatic carbocycles. The molecule has 0 amide bonds. The van der Waals surface area contributed by atoms with Crippen LogP contribution in [0, 0.1) is 0 Å². The fourth-order valence-electron chi connectivity index (χ4n) is 1.86. The van der Waals surface area contributed by atoms with Crippen LogP contribution in [-0.2, 0) is 4.74 Å². The van der Waals surface area contributed by atoms with Gasteiger partial charge < -0.3 is 15.5 Å². The minimum Gasteiger partial charge on any atom is -0.382 e. The number of hydrogen-bond donors (Lipinski definition) is 3. The third kappa shape index (κ3) is 4.70. The smallest absolute Gasteiger partial charge is 0.163 e. The third-order valence-corrected chi connectivity index (χ3v) is 2.88. The third-order valence-electron chi connectivity index (χ3n) is 2.88. The molecule has 21 heavy (non-hydrogen) atoms. The summed E-state index contributed by atoms with van der Waals surface area (Å²) < 4.78 is 5.30. The van der Waals surface area contributed by atoms with Crippen molar-refractivity contribution >= 4 is 11.6 Å². The van der Waals surface area contributed by atoms with Gasteiger partial charge in [-0.05, 0) is 13.3 Å². The highest BCUT2D eigenvalue weighted by atomic mass is 16.5. The lowest BCUT2D eigenvalue weighted by atomic mass is 10.2. The molecule has 0 bridgehead atoms. The molecule has 0 saturated carbocycles. The maximum Gasteiger partial charge on any atom is 0.163 e. The Balaban J connectivity index is 2.07. The number of ether oxygens (including phenoxy) is 1. The van der Waals surface area contributed by atoms with Crippen molar-refractivity contribution in [3.63, 3.8) is 0 Å². The van der Waals surface area contributed by atoms with Gasteiger partial charge in [0.2, 0.25) is 0 Å². The van der Waals surface area contributed by atoms with Crippen molar-refractivity contribution in [2.75, 3.05) is 30.5 Å². The Morgan fingerprint density at radius 1 is 1.14 bits per heavy atom. The highest BCUT2D eigenvalue weighted by molar-refractivity contribution is 5.60. The SMILES string of the molecule is CCOCCCNc1cc(NN)nc(-c2ccccc2)n1. The molecule has 0 aliphatic heterocycles. The van der Waals surface area contributed by atoms with E-state index in [0.29, 0.717) is 11.6 Å². The summed E-state index contributed by atoms with van der Waals surface area (Å²) in [5.74, 6) is 7.43. The van der Waals surface area contributed by atoms with E-state index < -0.39 is 0 Å². The van der Waals surface area contributed by atoms with E-state index in [1.807, 2.05) is 37.3 Å². The molecule has 2 rings (SSSR count). The van der Waals surface area contributed by atoms with Crippen LogP contribution in [0.4, 0.5) is 11.6 Å². The predicted molar refractivity (Wildman–Crippen MR) is 84.9 cm³/mol. The van der Waals surface area contributed by atoms with E-state index >= 15 is 0 Å². The molecular weight excluding hydrogens is 266 g/mol. The van der Waals surface area contributed by atoms with Gasteiger partial charge in [-0.15, -0.1) is 0 Å². The van der Waals surface area contributed by atoms with Gasteiger partial charge in [-0.1, -0.05) is 30.3 Å². The molecule has 0 spiro atoms. The van der Waals surface area contributed by atoms with Crippen LogP contribution in [0.25, 0.3) is 11.4 Å². The van der Waals surface area contributed by atoms with Crippen LogP contribution < -0.4 is 16.6 Å². The first-order chi connectivity index (χ1) is 10.3. The maximum atomic E-state index is 5.47. The van der Waals surface area contributed by atoms with E-state index in [9.17, 15) is 0 Å². The summed E-state index contributed by atoms with van der Waals surface area (Å²) in [5, 5.41) is 3.26. The van der Waals surface area contributed by atoms with Crippen molar-refractivity contribution in [1.82, 2.24) is 9.97 Å². The standard InChI is InChI=1S/C15H21N5O/c1-2-21-10-6-9-17-13-11-14(20-16)19-15(18-13)12-7-4-3-5-8-12/h3-5,7-8,11H,2,6,9-10,16H2,1H3,(H2,17,18,19,20). The van der Waals surface area contributed by atoms with Gasteiger partial charge >= 0.3 is 0 Å². The summed E-state index contributed by atoms with van der Waals surface area (Å²) in [7, 11) is 0. The number of hydrazine groups is 1. The molecular formula is C15H21N5O. The maximum absolute atomic E-state index is 5.47. The monoisotopic (exact) mass is 287 g/mol. The number of aromatic nitrogens is 2. The van der Waals surface area contributed by atoms with Crippen LogP contribution in [-0.4, -0.2) is 29.7 Å². The van der Waals surface area contributed by atoms with Crippen molar-refractivity contribution in [3.8, 4) is 11.4 Å². The zero-order chi connectivity index (χ0) is 14.9. The zero-order valence-electron chi connectivity index (χ0n) is 12.2. The summed E-state index contributed by atoms with van der Waals surface area (Å²) in [6.07, 6.45) is 0.921. The number of nitrogens with zero attached hydrogens (tertiary/aromatic N) is 2. The lowest BCUT2D eigenvalue weighted by Crippen LogP contribution is -2.12. The van der Waals surface area contributed by atoms with Crippen LogP contribution in [0.2, 0.25) is 0 Å². The van der Waals surface area contributed by atoms with Crippen molar-refractivity contribution < 1.29 is 4.74 Å². The fraction of sp³-hybridized carbons (Fsp3) is 0.333. The largest absolute Gasteiger partial charge is 0.382 e. The number of hydrogen-bond acceptors (Lipinski definition) is 6. The molecule has 0 radical (unpaired) electrons. The number of rotatable bonds is 8. The molecule has 0 saturated heterocycles. The van der Waals surface area contributed by atoms with Crippen molar-refractivity contribution in [1.29, 1.82) is 0 Å². The number of nitrogen functional groups attached to an aromatic ring is 1. The fourth-order valence-corrected chi connectivity index (χ4v) is 1.86. The Hall–Kier alpha value is -2.18. The second kappa shape index (κ2) is 8.18. The Labute approximate surface area is 124 Å². The van der Waals surface area contributed by atoms with Crippen LogP contribution in [0.3, 0.4) is 0 Å². The van der Waals surface area contributed by atoms with Crippen molar-refractivity contribution in [2.45, 2.75) is 13.3 Å². The van der Waals surface area contributed by atoms with E-state index in [-0.39, 0.29) is 0 Å². The van der Waals surface area contributed by atoms with Crippen LogP contribution in [0.5, 0.6) is 0 Å². The molecule has 1 heterocycles. The molecule has 0 aliphatic rings. The predicted octanol–water partition coefficient (Wildman–Crippen LogP) is 2.27. The molecule has 0 unspecified atom stereocenters. The van der Waals surface area contributed by atoms with Crippen molar-refractivity contribution in [2.24, 2.45) is 5.84 Å². The zero-order valence-corrected chi connectivity index (χ0v) is 12.2. The van der Waals surface area contributed by atoms with Gasteiger partial charge in [0.15, 0.2) is 5.82 Å². The topological polar surface area (TPSA) is 85.1 Å². The summed E-state index contributed by atoms with van der Waals surface area (Å²) in [6.45, 7) is 4.26. The molecule has 2 aromatic rings. The number of benzene rings is 1. The summed E-state index contributed by atoms with van der Waals surface area (Å²) >= 11 is 0. The van der Waals surface area contributed by atoms with E-state index in [4.69, 9.17) is 10.6 Å². The molecule has 4 N–H and O–H groups in total. The van der Waals surface area contributed by atoms with Gasteiger partial charge in [0.25, 0.3) is 0 Å². The summed E-state index contributed by atoms with van der Waals surface area (Å²) in [4.78, 5) is 8.88. The van der Waals surface area contributed by atoms with E-state index in [1.54, 1.807) is 6.07 Å². The van der Waals surface area contributed by atoms with Gasteiger partial charge in [0.1, 0.15) is 11.6 Å². The van der Waals surface area contributed by atoms with Crippen LogP contribution in [0.1, 0.15) is 13.3 Å². The lowest BCUT2D eigenvalue weighted by molar-refractivity contribution is 0.147. The van der Waals surface area contributed by atoms with Crippen molar-refractivity contribution in [3.05, 3.63) is 36.4 Å².